The van der Waals surface area contributed by atoms with Crippen LogP contribution in [-0.4, -0.2) is 47.1 Å². The van der Waals surface area contributed by atoms with Crippen molar-refractivity contribution < 1.29 is 9.90 Å². The van der Waals surface area contributed by atoms with Gasteiger partial charge in [0.2, 0.25) is 5.01 Å². The molecule has 0 fully saturated rings. The van der Waals surface area contributed by atoms with Crippen molar-refractivity contribution in [2.75, 3.05) is 20.1 Å². The molecule has 1 heterocycles. The summed E-state index contributed by atoms with van der Waals surface area (Å²) in [4.78, 5) is 17.0. The highest BCUT2D eigenvalue weighted by Crippen LogP contribution is 2.09. The van der Waals surface area contributed by atoms with Crippen LogP contribution in [0.3, 0.4) is 0 Å². The number of hydrogen-bond donors (Lipinski definition) is 2. The van der Waals surface area contributed by atoms with Crippen LogP contribution in [0.4, 0.5) is 0 Å². The number of carbonyl (C=O) groups is 1. The maximum Gasteiger partial charge on any atom is 0.365 e. The summed E-state index contributed by atoms with van der Waals surface area (Å²) in [7, 11) is 2.14. The van der Waals surface area contributed by atoms with E-state index in [-0.39, 0.29) is 5.01 Å². The van der Waals surface area contributed by atoms with E-state index in [1.165, 1.54) is 17.8 Å². The number of unbranched alkanes of at least 4 members (excludes halogenated alkanes) is 1. The Bertz CT molecular complexity index is 393. The van der Waals surface area contributed by atoms with Gasteiger partial charge in [0.1, 0.15) is 0 Å². The number of rotatable bonds is 9. The molecule has 19 heavy (non-hydrogen) atoms. The van der Waals surface area contributed by atoms with E-state index in [0.717, 1.165) is 25.2 Å². The van der Waals surface area contributed by atoms with E-state index in [0.29, 0.717) is 12.6 Å². The van der Waals surface area contributed by atoms with Crippen molar-refractivity contribution in [3.05, 3.63) is 16.1 Å². The minimum absolute atomic E-state index is 0.162. The third-order valence-electron chi connectivity index (χ3n) is 3.04. The highest BCUT2D eigenvalue weighted by atomic mass is 32.1. The largest absolute Gasteiger partial charge is 0.476 e. The summed E-state index contributed by atoms with van der Waals surface area (Å²) < 4.78 is 0. The fourth-order valence-electron chi connectivity index (χ4n) is 1.57. The SMILES string of the molecule is CC(C)N(C)CCCCNCc1csc(C(=O)O)n1. The van der Waals surface area contributed by atoms with Crippen LogP contribution in [0.25, 0.3) is 0 Å². The quantitative estimate of drug-likeness (QED) is 0.680. The molecule has 1 aromatic rings. The molecule has 0 bridgehead atoms. The minimum atomic E-state index is -0.951. The molecule has 0 spiro atoms. The van der Waals surface area contributed by atoms with Crippen molar-refractivity contribution in [1.82, 2.24) is 15.2 Å². The smallest absolute Gasteiger partial charge is 0.365 e. The molecule has 0 aliphatic rings. The zero-order valence-corrected chi connectivity index (χ0v) is 12.7. The third-order valence-corrected chi connectivity index (χ3v) is 3.92. The van der Waals surface area contributed by atoms with Crippen molar-refractivity contribution in [2.45, 2.75) is 39.3 Å². The monoisotopic (exact) mass is 285 g/mol. The average Bonchev–Trinajstić information content (AvgIpc) is 2.82. The number of nitrogens with one attached hydrogen (secondary N) is 1. The van der Waals surface area contributed by atoms with Gasteiger partial charge in [-0.15, -0.1) is 11.3 Å². The van der Waals surface area contributed by atoms with Crippen molar-refractivity contribution in [2.24, 2.45) is 0 Å². The maximum atomic E-state index is 10.7. The van der Waals surface area contributed by atoms with Crippen LogP contribution in [-0.2, 0) is 6.54 Å². The van der Waals surface area contributed by atoms with Crippen LogP contribution < -0.4 is 5.32 Å². The van der Waals surface area contributed by atoms with Crippen molar-refractivity contribution in [3.8, 4) is 0 Å². The zero-order valence-electron chi connectivity index (χ0n) is 11.8. The van der Waals surface area contributed by atoms with Crippen LogP contribution in [0.5, 0.6) is 0 Å². The van der Waals surface area contributed by atoms with Crippen LogP contribution in [0.2, 0.25) is 0 Å². The molecule has 1 aromatic heterocycles. The zero-order chi connectivity index (χ0) is 14.3. The summed E-state index contributed by atoms with van der Waals surface area (Å²) in [5.74, 6) is -0.951. The minimum Gasteiger partial charge on any atom is -0.476 e. The number of aromatic nitrogens is 1. The number of aromatic carboxylic acids is 1. The Labute approximate surface area is 118 Å². The van der Waals surface area contributed by atoms with E-state index >= 15 is 0 Å². The molecule has 5 nitrogen and oxygen atoms in total. The highest BCUT2D eigenvalue weighted by molar-refractivity contribution is 7.11. The van der Waals surface area contributed by atoms with Gasteiger partial charge in [-0.05, 0) is 46.8 Å². The first-order valence-corrected chi connectivity index (χ1v) is 7.47. The molecule has 0 aromatic carbocycles. The first-order chi connectivity index (χ1) is 9.00. The van der Waals surface area contributed by atoms with Gasteiger partial charge in [0.25, 0.3) is 0 Å². The Morgan fingerprint density at radius 1 is 1.53 bits per heavy atom. The van der Waals surface area contributed by atoms with Gasteiger partial charge in [-0.2, -0.15) is 0 Å². The topological polar surface area (TPSA) is 65.5 Å². The molecule has 2 N–H and O–H groups in total. The molecule has 0 aliphatic carbocycles. The second-order valence-corrected chi connectivity index (χ2v) is 5.77. The predicted molar refractivity (Wildman–Crippen MR) is 77.8 cm³/mol. The molecule has 1 rings (SSSR count). The molecule has 0 amide bonds. The van der Waals surface area contributed by atoms with Crippen LogP contribution in [0, 0.1) is 0 Å². The van der Waals surface area contributed by atoms with Gasteiger partial charge in [-0.1, -0.05) is 0 Å². The molecule has 6 heteroatoms. The normalized spacial score (nSPS) is 11.4. The molecule has 108 valence electrons. The van der Waals surface area contributed by atoms with Crippen LogP contribution in [0.15, 0.2) is 5.38 Å². The van der Waals surface area contributed by atoms with E-state index in [4.69, 9.17) is 5.11 Å². The predicted octanol–water partition coefficient (Wildman–Crippen LogP) is 2.05. The molecule has 0 radical (unpaired) electrons. The Balaban J connectivity index is 2.09. The van der Waals surface area contributed by atoms with Crippen LogP contribution >= 0.6 is 11.3 Å². The van der Waals surface area contributed by atoms with Crippen molar-refractivity contribution in [1.29, 1.82) is 0 Å². The molecular weight excluding hydrogens is 262 g/mol. The van der Waals surface area contributed by atoms with E-state index in [1.54, 1.807) is 5.38 Å². The average molecular weight is 285 g/mol. The summed E-state index contributed by atoms with van der Waals surface area (Å²) in [6.45, 7) is 7.08. The first kappa shape index (κ1) is 16.1. The molecule has 0 unspecified atom stereocenters. The molecule has 0 aliphatic heterocycles. The highest BCUT2D eigenvalue weighted by Gasteiger charge is 2.08. The van der Waals surface area contributed by atoms with Gasteiger partial charge in [0.05, 0.1) is 5.69 Å². The fraction of sp³-hybridized carbons (Fsp3) is 0.692. The van der Waals surface area contributed by atoms with Gasteiger partial charge in [0.15, 0.2) is 0 Å². The van der Waals surface area contributed by atoms with Gasteiger partial charge in [0, 0.05) is 18.0 Å². The van der Waals surface area contributed by atoms with E-state index in [2.05, 4.69) is 36.1 Å². The number of thiazole rings is 1. The number of nitrogens with zero attached hydrogens (tertiary/aromatic N) is 2. The summed E-state index contributed by atoms with van der Waals surface area (Å²) >= 11 is 1.18. The van der Waals surface area contributed by atoms with Crippen molar-refractivity contribution >= 4 is 17.3 Å². The van der Waals surface area contributed by atoms with E-state index in [1.807, 2.05) is 0 Å². The summed E-state index contributed by atoms with van der Waals surface area (Å²) in [6.07, 6.45) is 2.28. The Hall–Kier alpha value is -0.980. The standard InChI is InChI=1S/C13H23N3O2S/c1-10(2)16(3)7-5-4-6-14-8-11-9-19-12(15-11)13(17)18/h9-10,14H,4-8H2,1-3H3,(H,17,18). The van der Waals surface area contributed by atoms with E-state index < -0.39 is 5.97 Å². The second-order valence-electron chi connectivity index (χ2n) is 4.91. The van der Waals surface area contributed by atoms with Crippen LogP contribution in [0.1, 0.15) is 42.2 Å². The first-order valence-electron chi connectivity index (χ1n) is 6.59. The van der Waals surface area contributed by atoms with Gasteiger partial charge in [-0.3, -0.25) is 0 Å². The summed E-state index contributed by atoms with van der Waals surface area (Å²) in [5, 5.41) is 14.0. The molecule has 0 saturated heterocycles. The van der Waals surface area contributed by atoms with Gasteiger partial charge < -0.3 is 15.3 Å². The molecular formula is C13H23N3O2S. The van der Waals surface area contributed by atoms with Crippen molar-refractivity contribution in [3.63, 3.8) is 0 Å². The lowest BCUT2D eigenvalue weighted by molar-refractivity contribution is 0.0696. The lowest BCUT2D eigenvalue weighted by Crippen LogP contribution is -2.27. The molecule has 0 atom stereocenters. The van der Waals surface area contributed by atoms with Gasteiger partial charge in [-0.25, -0.2) is 9.78 Å². The van der Waals surface area contributed by atoms with E-state index in [9.17, 15) is 4.79 Å². The fourth-order valence-corrected chi connectivity index (χ4v) is 2.23. The van der Waals surface area contributed by atoms with Gasteiger partial charge >= 0.3 is 5.97 Å². The maximum absolute atomic E-state index is 10.7. The Morgan fingerprint density at radius 2 is 2.26 bits per heavy atom. The second kappa shape index (κ2) is 8.24. The number of carboxylic acid groups (broad SMARTS) is 1. The lowest BCUT2D eigenvalue weighted by Gasteiger charge is -2.20. The Kier molecular flexibility index (Phi) is 6.97. The number of carboxylic acids is 1. The Morgan fingerprint density at radius 3 is 2.84 bits per heavy atom. The lowest BCUT2D eigenvalue weighted by atomic mass is 10.2. The summed E-state index contributed by atoms with van der Waals surface area (Å²) in [5.41, 5.74) is 0.807. The summed E-state index contributed by atoms with van der Waals surface area (Å²) in [6, 6.07) is 0.595. The third kappa shape index (κ3) is 6.13. The molecule has 0 saturated carbocycles. The number of hydrogen-bond acceptors (Lipinski definition) is 5.